The first-order valence-corrected chi connectivity index (χ1v) is 6.62. The number of aliphatic hydroxyl groups excluding tert-OH is 1. The molecule has 0 atom stereocenters. The predicted octanol–water partition coefficient (Wildman–Crippen LogP) is 1.75. The molecule has 0 saturated carbocycles. The van der Waals surface area contributed by atoms with Gasteiger partial charge in [-0.1, -0.05) is 12.1 Å². The van der Waals surface area contributed by atoms with Crippen LogP contribution >= 0.6 is 0 Å². The predicted molar refractivity (Wildman–Crippen MR) is 78.3 cm³/mol. The van der Waals surface area contributed by atoms with Crippen LogP contribution in [0.3, 0.4) is 0 Å². The Morgan fingerprint density at radius 2 is 2.14 bits per heavy atom. The zero-order valence-corrected chi connectivity index (χ0v) is 11.8. The van der Waals surface area contributed by atoms with Crippen LogP contribution in [0.5, 0.6) is 5.75 Å². The van der Waals surface area contributed by atoms with Crippen LogP contribution in [-0.4, -0.2) is 15.2 Å². The van der Waals surface area contributed by atoms with Crippen LogP contribution in [0.15, 0.2) is 30.5 Å². The molecule has 0 aliphatic rings. The van der Waals surface area contributed by atoms with E-state index in [0.717, 1.165) is 5.56 Å². The summed E-state index contributed by atoms with van der Waals surface area (Å²) < 4.78 is 0. The Kier molecular flexibility index (Phi) is 4.88. The SMILES string of the molecule is Cc1ncc(CO)c(CNCc2cccc(C#N)c2)c1O. The minimum Gasteiger partial charge on any atom is -0.506 e. The Morgan fingerprint density at radius 1 is 1.33 bits per heavy atom. The molecular weight excluding hydrogens is 266 g/mol. The molecular formula is C16H17N3O2. The number of aryl methyl sites for hydroxylation is 1. The van der Waals surface area contributed by atoms with Gasteiger partial charge < -0.3 is 15.5 Å². The van der Waals surface area contributed by atoms with Gasteiger partial charge in [-0.15, -0.1) is 0 Å². The molecule has 0 spiro atoms. The minimum atomic E-state index is -0.165. The number of rotatable bonds is 5. The number of hydrogen-bond acceptors (Lipinski definition) is 5. The van der Waals surface area contributed by atoms with Crippen molar-refractivity contribution in [3.8, 4) is 11.8 Å². The molecule has 2 rings (SSSR count). The van der Waals surface area contributed by atoms with E-state index < -0.39 is 0 Å². The number of pyridine rings is 1. The zero-order valence-electron chi connectivity index (χ0n) is 11.8. The standard InChI is InChI=1S/C16H17N3O2/c1-11-16(21)15(14(10-20)8-19-11)9-18-7-13-4-2-3-12(5-13)6-17/h2-5,8,18,20-21H,7,9-10H2,1H3. The molecule has 0 radical (unpaired) electrons. The number of benzene rings is 1. The number of aliphatic hydroxyl groups is 1. The van der Waals surface area contributed by atoms with E-state index in [1.165, 1.54) is 0 Å². The maximum absolute atomic E-state index is 10.0. The number of hydrogen-bond donors (Lipinski definition) is 3. The van der Waals surface area contributed by atoms with Gasteiger partial charge in [-0.3, -0.25) is 4.98 Å². The smallest absolute Gasteiger partial charge is 0.141 e. The number of nitriles is 1. The summed E-state index contributed by atoms with van der Waals surface area (Å²) in [7, 11) is 0. The molecule has 0 aliphatic carbocycles. The first-order valence-electron chi connectivity index (χ1n) is 6.62. The highest BCUT2D eigenvalue weighted by atomic mass is 16.3. The molecule has 1 aromatic carbocycles. The maximum Gasteiger partial charge on any atom is 0.141 e. The van der Waals surface area contributed by atoms with Crippen molar-refractivity contribution in [3.63, 3.8) is 0 Å². The van der Waals surface area contributed by atoms with E-state index in [1.807, 2.05) is 18.2 Å². The van der Waals surface area contributed by atoms with Crippen molar-refractivity contribution < 1.29 is 10.2 Å². The molecule has 3 N–H and O–H groups in total. The molecule has 0 saturated heterocycles. The van der Waals surface area contributed by atoms with E-state index in [2.05, 4.69) is 16.4 Å². The van der Waals surface area contributed by atoms with Crippen LogP contribution in [0.25, 0.3) is 0 Å². The molecule has 2 aromatic rings. The number of aromatic hydroxyl groups is 1. The van der Waals surface area contributed by atoms with Crippen molar-refractivity contribution in [2.24, 2.45) is 0 Å². The summed E-state index contributed by atoms with van der Waals surface area (Å²) in [5, 5.41) is 31.4. The van der Waals surface area contributed by atoms with Gasteiger partial charge in [0.25, 0.3) is 0 Å². The number of nitrogens with one attached hydrogen (secondary N) is 1. The van der Waals surface area contributed by atoms with Crippen LogP contribution in [-0.2, 0) is 19.7 Å². The zero-order chi connectivity index (χ0) is 15.2. The second-order valence-electron chi connectivity index (χ2n) is 4.77. The fourth-order valence-electron chi connectivity index (χ4n) is 2.10. The highest BCUT2D eigenvalue weighted by molar-refractivity contribution is 5.40. The monoisotopic (exact) mass is 283 g/mol. The van der Waals surface area contributed by atoms with Crippen molar-refractivity contribution >= 4 is 0 Å². The first-order chi connectivity index (χ1) is 10.2. The summed E-state index contributed by atoms with van der Waals surface area (Å²) in [5.74, 6) is 0.111. The Hall–Kier alpha value is -2.42. The summed E-state index contributed by atoms with van der Waals surface area (Å²) >= 11 is 0. The van der Waals surface area contributed by atoms with Gasteiger partial charge in [-0.25, -0.2) is 0 Å². The first kappa shape index (κ1) is 15.0. The average molecular weight is 283 g/mol. The van der Waals surface area contributed by atoms with E-state index in [4.69, 9.17) is 5.26 Å². The van der Waals surface area contributed by atoms with Gasteiger partial charge in [0.1, 0.15) is 5.75 Å². The molecule has 0 fully saturated rings. The topological polar surface area (TPSA) is 89.2 Å². The van der Waals surface area contributed by atoms with Crippen molar-refractivity contribution in [2.45, 2.75) is 26.6 Å². The second-order valence-corrected chi connectivity index (χ2v) is 4.77. The summed E-state index contributed by atoms with van der Waals surface area (Å²) in [6.07, 6.45) is 1.57. The lowest BCUT2D eigenvalue weighted by Gasteiger charge is -2.12. The van der Waals surface area contributed by atoms with Gasteiger partial charge in [0.2, 0.25) is 0 Å². The maximum atomic E-state index is 10.0. The lowest BCUT2D eigenvalue weighted by molar-refractivity contribution is 0.278. The van der Waals surface area contributed by atoms with Crippen LogP contribution in [0, 0.1) is 18.3 Å². The van der Waals surface area contributed by atoms with Gasteiger partial charge in [-0.2, -0.15) is 5.26 Å². The second kappa shape index (κ2) is 6.84. The molecule has 1 aromatic heterocycles. The van der Waals surface area contributed by atoms with Crippen molar-refractivity contribution in [2.75, 3.05) is 0 Å². The van der Waals surface area contributed by atoms with Gasteiger partial charge in [0, 0.05) is 30.4 Å². The summed E-state index contributed by atoms with van der Waals surface area (Å²) in [6, 6.07) is 9.44. The summed E-state index contributed by atoms with van der Waals surface area (Å²) in [6.45, 7) is 2.54. The third kappa shape index (κ3) is 3.57. The lowest BCUT2D eigenvalue weighted by atomic mass is 10.1. The Morgan fingerprint density at radius 3 is 2.86 bits per heavy atom. The van der Waals surface area contributed by atoms with Crippen molar-refractivity contribution in [1.82, 2.24) is 10.3 Å². The van der Waals surface area contributed by atoms with Crippen LogP contribution in [0.4, 0.5) is 0 Å². The lowest BCUT2D eigenvalue weighted by Crippen LogP contribution is -2.15. The van der Waals surface area contributed by atoms with Crippen LogP contribution in [0.1, 0.15) is 27.9 Å². The van der Waals surface area contributed by atoms with E-state index >= 15 is 0 Å². The van der Waals surface area contributed by atoms with Gasteiger partial charge in [0.15, 0.2) is 0 Å². The van der Waals surface area contributed by atoms with E-state index in [-0.39, 0.29) is 12.4 Å². The van der Waals surface area contributed by atoms with Crippen molar-refractivity contribution in [1.29, 1.82) is 5.26 Å². The average Bonchev–Trinajstić information content (AvgIpc) is 2.52. The largest absolute Gasteiger partial charge is 0.506 e. The molecule has 108 valence electrons. The van der Waals surface area contributed by atoms with Gasteiger partial charge in [-0.05, 0) is 24.6 Å². The molecule has 5 nitrogen and oxygen atoms in total. The normalized spacial score (nSPS) is 10.3. The van der Waals surface area contributed by atoms with Crippen LogP contribution < -0.4 is 5.32 Å². The molecule has 0 bridgehead atoms. The minimum absolute atomic E-state index is 0.111. The molecule has 21 heavy (non-hydrogen) atoms. The number of nitrogens with zero attached hydrogens (tertiary/aromatic N) is 2. The fourth-order valence-corrected chi connectivity index (χ4v) is 2.10. The molecule has 0 amide bonds. The third-order valence-electron chi connectivity index (χ3n) is 3.29. The fraction of sp³-hybridized carbons (Fsp3) is 0.250. The number of aromatic nitrogens is 1. The van der Waals surface area contributed by atoms with Gasteiger partial charge >= 0.3 is 0 Å². The van der Waals surface area contributed by atoms with Crippen molar-refractivity contribution in [3.05, 3.63) is 58.4 Å². The van der Waals surface area contributed by atoms with E-state index in [0.29, 0.717) is 35.5 Å². The summed E-state index contributed by atoms with van der Waals surface area (Å²) in [4.78, 5) is 4.03. The molecule has 0 unspecified atom stereocenters. The quantitative estimate of drug-likeness (QED) is 0.778. The Labute approximate surface area is 123 Å². The highest BCUT2D eigenvalue weighted by Gasteiger charge is 2.10. The highest BCUT2D eigenvalue weighted by Crippen LogP contribution is 2.23. The van der Waals surface area contributed by atoms with E-state index in [1.54, 1.807) is 19.2 Å². The third-order valence-corrected chi connectivity index (χ3v) is 3.29. The molecule has 1 heterocycles. The van der Waals surface area contributed by atoms with Crippen LogP contribution in [0.2, 0.25) is 0 Å². The van der Waals surface area contributed by atoms with Gasteiger partial charge in [0.05, 0.1) is 23.9 Å². The van der Waals surface area contributed by atoms with E-state index in [9.17, 15) is 10.2 Å². The molecule has 5 heteroatoms. The Bertz CT molecular complexity index is 678. The summed E-state index contributed by atoms with van der Waals surface area (Å²) in [5.41, 5.74) is 3.41. The molecule has 0 aliphatic heterocycles. The Balaban J connectivity index is 2.07.